The summed E-state index contributed by atoms with van der Waals surface area (Å²) in [4.78, 5) is 0. The monoisotopic (exact) mass is 342 g/mol. The highest BCUT2D eigenvalue weighted by Gasteiger charge is 2.07. The van der Waals surface area contributed by atoms with Crippen LogP contribution in [0, 0.1) is 0 Å². The normalized spacial score (nSPS) is 12.4. The summed E-state index contributed by atoms with van der Waals surface area (Å²) in [7, 11) is 3.29. The van der Waals surface area contributed by atoms with Crippen LogP contribution >= 0.6 is 0 Å². The summed E-state index contributed by atoms with van der Waals surface area (Å²) < 4.78 is 21.6. The van der Waals surface area contributed by atoms with Gasteiger partial charge in [-0.05, 0) is 29.7 Å². The van der Waals surface area contributed by atoms with Crippen molar-refractivity contribution in [2.45, 2.75) is 19.1 Å². The van der Waals surface area contributed by atoms with Gasteiger partial charge < -0.3 is 18.9 Å². The van der Waals surface area contributed by atoms with Crippen molar-refractivity contribution < 1.29 is 18.9 Å². The Morgan fingerprint density at radius 1 is 0.960 bits per heavy atom. The SMILES string of the molecule is COCO[C@@H](/C=C/CCOCc1ccc(OC)cc1)c1ccccc1. The van der Waals surface area contributed by atoms with Crippen molar-refractivity contribution in [3.8, 4) is 5.75 Å². The molecular weight excluding hydrogens is 316 g/mol. The van der Waals surface area contributed by atoms with E-state index in [1.807, 2.05) is 60.7 Å². The van der Waals surface area contributed by atoms with Crippen molar-refractivity contribution in [2.24, 2.45) is 0 Å². The van der Waals surface area contributed by atoms with Crippen molar-refractivity contribution >= 4 is 0 Å². The van der Waals surface area contributed by atoms with E-state index < -0.39 is 0 Å². The summed E-state index contributed by atoms with van der Waals surface area (Å²) in [5.74, 6) is 0.856. The van der Waals surface area contributed by atoms with Gasteiger partial charge in [-0.1, -0.05) is 54.6 Å². The highest BCUT2D eigenvalue weighted by molar-refractivity contribution is 5.26. The average Bonchev–Trinajstić information content (AvgIpc) is 2.68. The molecular formula is C21H26O4. The van der Waals surface area contributed by atoms with Crippen molar-refractivity contribution in [2.75, 3.05) is 27.6 Å². The van der Waals surface area contributed by atoms with E-state index in [0.717, 1.165) is 23.3 Å². The molecule has 2 rings (SSSR count). The van der Waals surface area contributed by atoms with E-state index in [1.165, 1.54) is 0 Å². The summed E-state index contributed by atoms with van der Waals surface area (Å²) in [5, 5.41) is 0. The minimum absolute atomic E-state index is 0.109. The van der Waals surface area contributed by atoms with E-state index >= 15 is 0 Å². The third kappa shape index (κ3) is 7.10. The first-order valence-corrected chi connectivity index (χ1v) is 8.36. The molecule has 0 bridgehead atoms. The lowest BCUT2D eigenvalue weighted by atomic mass is 10.1. The molecule has 0 spiro atoms. The molecule has 0 saturated carbocycles. The standard InChI is InChI=1S/C21H26O4/c1-22-17-25-21(19-8-4-3-5-9-19)10-6-7-15-24-16-18-11-13-20(23-2)14-12-18/h3-6,8-14,21H,7,15-17H2,1-2H3/b10-6+/t21-/m0/s1. The third-order valence-corrected chi connectivity index (χ3v) is 3.66. The highest BCUT2D eigenvalue weighted by Crippen LogP contribution is 2.19. The quantitative estimate of drug-likeness (QED) is 0.342. The molecule has 4 heteroatoms. The van der Waals surface area contributed by atoms with Gasteiger partial charge in [-0.3, -0.25) is 0 Å². The predicted octanol–water partition coefficient (Wildman–Crippen LogP) is 4.52. The Balaban J connectivity index is 1.73. The van der Waals surface area contributed by atoms with Crippen LogP contribution in [0.25, 0.3) is 0 Å². The molecule has 2 aromatic carbocycles. The van der Waals surface area contributed by atoms with Crippen molar-refractivity contribution in [1.29, 1.82) is 0 Å². The lowest BCUT2D eigenvalue weighted by Crippen LogP contribution is -2.04. The van der Waals surface area contributed by atoms with Gasteiger partial charge in [-0.2, -0.15) is 0 Å². The van der Waals surface area contributed by atoms with Crippen LogP contribution in [0.1, 0.15) is 23.7 Å². The fourth-order valence-electron chi connectivity index (χ4n) is 2.33. The molecule has 0 N–H and O–H groups in total. The van der Waals surface area contributed by atoms with Crippen molar-refractivity contribution in [3.63, 3.8) is 0 Å². The topological polar surface area (TPSA) is 36.9 Å². The number of rotatable bonds is 11. The molecule has 134 valence electrons. The summed E-state index contributed by atoms with van der Waals surface area (Å²) in [6, 6.07) is 18.0. The van der Waals surface area contributed by atoms with Gasteiger partial charge in [0.05, 0.1) is 20.3 Å². The molecule has 0 unspecified atom stereocenters. The minimum atomic E-state index is -0.109. The Morgan fingerprint density at radius 3 is 2.40 bits per heavy atom. The molecule has 0 aliphatic heterocycles. The number of methoxy groups -OCH3 is 2. The van der Waals surface area contributed by atoms with Gasteiger partial charge in [0.2, 0.25) is 0 Å². The Bertz CT molecular complexity index is 608. The lowest BCUT2D eigenvalue weighted by molar-refractivity contribution is -0.0567. The number of hydrogen-bond donors (Lipinski definition) is 0. The summed E-state index contributed by atoms with van der Waals surface area (Å²) in [6.45, 7) is 1.52. The van der Waals surface area contributed by atoms with E-state index in [-0.39, 0.29) is 12.9 Å². The van der Waals surface area contributed by atoms with Gasteiger partial charge in [-0.15, -0.1) is 0 Å². The summed E-state index contributed by atoms with van der Waals surface area (Å²) in [6.07, 6.45) is 4.85. The zero-order valence-corrected chi connectivity index (χ0v) is 14.9. The van der Waals surface area contributed by atoms with Gasteiger partial charge >= 0.3 is 0 Å². The first-order chi connectivity index (χ1) is 12.3. The third-order valence-electron chi connectivity index (χ3n) is 3.66. The van der Waals surface area contributed by atoms with E-state index in [2.05, 4.69) is 6.08 Å². The van der Waals surface area contributed by atoms with Gasteiger partial charge in [0.1, 0.15) is 18.6 Å². The van der Waals surface area contributed by atoms with Crippen molar-refractivity contribution in [1.82, 2.24) is 0 Å². The molecule has 0 radical (unpaired) electrons. The predicted molar refractivity (Wildman–Crippen MR) is 98.6 cm³/mol. The maximum absolute atomic E-state index is 5.71. The Kier molecular flexibility index (Phi) is 8.77. The maximum Gasteiger partial charge on any atom is 0.147 e. The van der Waals surface area contributed by atoms with Gasteiger partial charge in [-0.25, -0.2) is 0 Å². The molecule has 4 nitrogen and oxygen atoms in total. The average molecular weight is 342 g/mol. The van der Waals surface area contributed by atoms with E-state index in [0.29, 0.717) is 13.2 Å². The van der Waals surface area contributed by atoms with Crippen LogP contribution in [0.2, 0.25) is 0 Å². The molecule has 1 atom stereocenters. The minimum Gasteiger partial charge on any atom is -0.497 e. The van der Waals surface area contributed by atoms with Crippen LogP contribution in [0.5, 0.6) is 5.75 Å². The fraction of sp³-hybridized carbons (Fsp3) is 0.333. The fourth-order valence-corrected chi connectivity index (χ4v) is 2.33. The zero-order valence-electron chi connectivity index (χ0n) is 14.9. The van der Waals surface area contributed by atoms with Crippen LogP contribution < -0.4 is 4.74 Å². The van der Waals surface area contributed by atoms with Gasteiger partial charge in [0, 0.05) is 7.11 Å². The Hall–Kier alpha value is -2.14. The molecule has 25 heavy (non-hydrogen) atoms. The molecule has 0 fully saturated rings. The number of hydrogen-bond acceptors (Lipinski definition) is 4. The van der Waals surface area contributed by atoms with Gasteiger partial charge in [0.15, 0.2) is 0 Å². The zero-order chi connectivity index (χ0) is 17.7. The molecule has 0 aliphatic rings. The summed E-state index contributed by atoms with van der Waals surface area (Å²) in [5.41, 5.74) is 2.24. The van der Waals surface area contributed by atoms with Crippen LogP contribution in [0.15, 0.2) is 66.7 Å². The van der Waals surface area contributed by atoms with Crippen LogP contribution in [0.3, 0.4) is 0 Å². The maximum atomic E-state index is 5.71. The largest absolute Gasteiger partial charge is 0.497 e. The molecule has 0 heterocycles. The van der Waals surface area contributed by atoms with Gasteiger partial charge in [0.25, 0.3) is 0 Å². The second-order valence-electron chi connectivity index (χ2n) is 5.52. The number of ether oxygens (including phenoxy) is 4. The molecule has 0 amide bonds. The molecule has 2 aromatic rings. The van der Waals surface area contributed by atoms with E-state index in [9.17, 15) is 0 Å². The van der Waals surface area contributed by atoms with E-state index in [1.54, 1.807) is 14.2 Å². The van der Waals surface area contributed by atoms with Crippen molar-refractivity contribution in [3.05, 3.63) is 77.9 Å². The molecule has 0 saturated heterocycles. The van der Waals surface area contributed by atoms with Crippen LogP contribution in [-0.2, 0) is 20.8 Å². The van der Waals surface area contributed by atoms with Crippen LogP contribution in [0.4, 0.5) is 0 Å². The summed E-state index contributed by atoms with van der Waals surface area (Å²) >= 11 is 0. The lowest BCUT2D eigenvalue weighted by Gasteiger charge is -2.14. The Morgan fingerprint density at radius 2 is 1.72 bits per heavy atom. The van der Waals surface area contributed by atoms with Crippen LogP contribution in [-0.4, -0.2) is 27.6 Å². The molecule has 0 aromatic heterocycles. The second kappa shape index (κ2) is 11.4. The highest BCUT2D eigenvalue weighted by atomic mass is 16.7. The Labute approximate surface area is 150 Å². The first kappa shape index (κ1) is 19.2. The smallest absolute Gasteiger partial charge is 0.147 e. The molecule has 0 aliphatic carbocycles. The first-order valence-electron chi connectivity index (χ1n) is 8.36. The van der Waals surface area contributed by atoms with E-state index in [4.69, 9.17) is 18.9 Å². The second-order valence-corrected chi connectivity index (χ2v) is 5.52. The number of benzene rings is 2.